The first-order valence-corrected chi connectivity index (χ1v) is 10.3. The van der Waals surface area contributed by atoms with Crippen molar-refractivity contribution in [3.8, 4) is 0 Å². The van der Waals surface area contributed by atoms with Gasteiger partial charge in [0.15, 0.2) is 11.9 Å². The maximum Gasteiger partial charge on any atom is 0.201 e. The summed E-state index contributed by atoms with van der Waals surface area (Å²) in [4.78, 5) is 12.1. The molecular formula is C22H30O4. The number of fused-ring (bicyclic) bond motifs is 2. The molecule has 142 valence electrons. The molecule has 4 nitrogen and oxygen atoms in total. The van der Waals surface area contributed by atoms with Crippen LogP contribution in [-0.4, -0.2) is 23.8 Å². The molecule has 6 rings (SSSR count). The first-order valence-electron chi connectivity index (χ1n) is 10.3. The third-order valence-corrected chi connectivity index (χ3v) is 7.57. The third kappa shape index (κ3) is 2.42. The largest absolute Gasteiger partial charge is 0.346 e. The van der Waals surface area contributed by atoms with Crippen LogP contribution in [-0.2, 0) is 25.7 Å². The summed E-state index contributed by atoms with van der Waals surface area (Å²) in [5.74, 6) is 1.20. The molecule has 1 spiro atoms. The highest BCUT2D eigenvalue weighted by Gasteiger charge is 2.69. The molecule has 5 fully saturated rings. The maximum absolute atomic E-state index is 6.63. The Balaban J connectivity index is 1.50. The minimum absolute atomic E-state index is 0.152. The number of hydrogen-bond donors (Lipinski definition) is 0. The van der Waals surface area contributed by atoms with Crippen molar-refractivity contribution in [3.05, 3.63) is 35.9 Å². The van der Waals surface area contributed by atoms with E-state index >= 15 is 0 Å². The van der Waals surface area contributed by atoms with Crippen LogP contribution in [0.25, 0.3) is 0 Å². The first kappa shape index (κ1) is 17.2. The van der Waals surface area contributed by atoms with Gasteiger partial charge in [-0.15, -0.1) is 0 Å². The predicted octanol–water partition coefficient (Wildman–Crippen LogP) is 4.48. The molecular weight excluding hydrogens is 328 g/mol. The summed E-state index contributed by atoms with van der Waals surface area (Å²) in [6, 6.07) is 10.6. The average molecular weight is 358 g/mol. The summed E-state index contributed by atoms with van der Waals surface area (Å²) in [6.45, 7) is 6.68. The van der Waals surface area contributed by atoms with Gasteiger partial charge < -0.3 is 9.47 Å². The second-order valence-electron chi connectivity index (χ2n) is 9.13. The van der Waals surface area contributed by atoms with Crippen LogP contribution >= 0.6 is 0 Å². The Kier molecular flexibility index (Phi) is 3.98. The highest BCUT2D eigenvalue weighted by molar-refractivity contribution is 5.17. The predicted molar refractivity (Wildman–Crippen MR) is 97.0 cm³/mol. The van der Waals surface area contributed by atoms with E-state index in [-0.39, 0.29) is 12.4 Å². The lowest BCUT2D eigenvalue weighted by atomic mass is 9.57. The van der Waals surface area contributed by atoms with Crippen molar-refractivity contribution in [3.63, 3.8) is 0 Å². The van der Waals surface area contributed by atoms with Gasteiger partial charge >= 0.3 is 0 Å². The second kappa shape index (κ2) is 6.03. The molecule has 1 aliphatic carbocycles. The molecule has 8 atom stereocenters. The van der Waals surface area contributed by atoms with Gasteiger partial charge in [0.2, 0.25) is 5.79 Å². The van der Waals surface area contributed by atoms with Gasteiger partial charge in [-0.1, -0.05) is 44.2 Å². The van der Waals surface area contributed by atoms with Crippen LogP contribution in [0.4, 0.5) is 0 Å². The zero-order valence-electron chi connectivity index (χ0n) is 16.0. The molecule has 4 saturated heterocycles. The normalized spacial score (nSPS) is 50.1. The lowest BCUT2D eigenvalue weighted by Crippen LogP contribution is -2.70. The second-order valence-corrected chi connectivity index (χ2v) is 9.13. The van der Waals surface area contributed by atoms with Gasteiger partial charge in [-0.3, -0.25) is 0 Å². The quantitative estimate of drug-likeness (QED) is 0.731. The van der Waals surface area contributed by atoms with Crippen molar-refractivity contribution in [2.75, 3.05) is 0 Å². The fourth-order valence-electron chi connectivity index (χ4n) is 6.06. The van der Waals surface area contributed by atoms with E-state index in [9.17, 15) is 0 Å². The van der Waals surface area contributed by atoms with Crippen LogP contribution < -0.4 is 0 Å². The van der Waals surface area contributed by atoms with E-state index in [4.69, 9.17) is 19.2 Å². The van der Waals surface area contributed by atoms with Crippen LogP contribution in [0.2, 0.25) is 0 Å². The van der Waals surface area contributed by atoms with Crippen LogP contribution in [0, 0.1) is 23.7 Å². The Morgan fingerprint density at radius 2 is 1.81 bits per heavy atom. The van der Waals surface area contributed by atoms with Gasteiger partial charge in [0.1, 0.15) is 0 Å². The van der Waals surface area contributed by atoms with E-state index in [0.717, 1.165) is 25.7 Å². The summed E-state index contributed by atoms with van der Waals surface area (Å²) in [6.07, 6.45) is 5.12. The Morgan fingerprint density at radius 1 is 1.00 bits per heavy atom. The molecule has 26 heavy (non-hydrogen) atoms. The molecule has 4 aliphatic heterocycles. The van der Waals surface area contributed by atoms with Gasteiger partial charge in [0, 0.05) is 12.3 Å². The van der Waals surface area contributed by atoms with E-state index in [2.05, 4.69) is 44.2 Å². The highest BCUT2D eigenvalue weighted by atomic mass is 17.3. The molecule has 3 unspecified atom stereocenters. The van der Waals surface area contributed by atoms with Crippen molar-refractivity contribution >= 4 is 0 Å². The monoisotopic (exact) mass is 358 g/mol. The van der Waals surface area contributed by atoms with Gasteiger partial charge in [-0.05, 0) is 55.9 Å². The molecule has 5 aliphatic rings. The summed E-state index contributed by atoms with van der Waals surface area (Å²) >= 11 is 0. The van der Waals surface area contributed by atoms with E-state index in [1.165, 1.54) is 12.0 Å². The molecule has 0 radical (unpaired) electrons. The van der Waals surface area contributed by atoms with Gasteiger partial charge in [-0.25, -0.2) is 9.78 Å². The molecule has 2 bridgehead atoms. The molecule has 0 aromatic heterocycles. The minimum Gasteiger partial charge on any atom is -0.346 e. The lowest BCUT2D eigenvalue weighted by Gasteiger charge is -2.60. The summed E-state index contributed by atoms with van der Waals surface area (Å²) < 4.78 is 13.1. The number of rotatable bonds is 2. The van der Waals surface area contributed by atoms with E-state index in [0.29, 0.717) is 23.7 Å². The first-order chi connectivity index (χ1) is 12.5. The Bertz CT molecular complexity index is 663. The molecule has 1 saturated carbocycles. The molecule has 0 N–H and O–H groups in total. The smallest absolute Gasteiger partial charge is 0.201 e. The number of ether oxygens (including phenoxy) is 2. The van der Waals surface area contributed by atoms with Gasteiger partial charge in [0.05, 0.1) is 6.10 Å². The zero-order valence-corrected chi connectivity index (χ0v) is 16.0. The highest BCUT2D eigenvalue weighted by Crippen LogP contribution is 2.60. The van der Waals surface area contributed by atoms with Crippen molar-refractivity contribution < 1.29 is 19.2 Å². The Hall–Kier alpha value is -0.940. The molecule has 0 amide bonds. The van der Waals surface area contributed by atoms with Crippen LogP contribution in [0.3, 0.4) is 0 Å². The van der Waals surface area contributed by atoms with E-state index < -0.39 is 11.4 Å². The Labute approximate surface area is 156 Å². The standard InChI is InChI=1S/C22H30O4/c1-14-9-10-18-15(2)19(13-16-7-5-4-6-8-16)23-20-22(18)17(14)11-12-21(3,24-20)25-26-22/h4-8,14-15,17-20H,9-13H2,1-3H3/t14-,15-,17?,18?,19-,20-,21+,22?/m1/s1. The van der Waals surface area contributed by atoms with Gasteiger partial charge in [-0.2, -0.15) is 0 Å². The molecule has 4 heteroatoms. The summed E-state index contributed by atoms with van der Waals surface area (Å²) in [5, 5.41) is 0. The van der Waals surface area contributed by atoms with E-state index in [1.54, 1.807) is 0 Å². The number of benzene rings is 1. The Morgan fingerprint density at radius 3 is 2.62 bits per heavy atom. The van der Waals surface area contributed by atoms with Crippen molar-refractivity contribution in [2.45, 2.75) is 76.7 Å². The number of hydrogen-bond acceptors (Lipinski definition) is 4. The minimum atomic E-state index is -0.685. The third-order valence-electron chi connectivity index (χ3n) is 7.57. The van der Waals surface area contributed by atoms with Crippen LogP contribution in [0.15, 0.2) is 30.3 Å². The van der Waals surface area contributed by atoms with E-state index in [1.807, 2.05) is 6.92 Å². The topological polar surface area (TPSA) is 36.9 Å². The SMILES string of the molecule is C[C@@H]1CCC2[C@@H](C)[C@@H](Cc3ccccc3)O[C@@H]3O[C@]4(C)CCC1C23OO4. The van der Waals surface area contributed by atoms with Crippen molar-refractivity contribution in [2.24, 2.45) is 23.7 Å². The summed E-state index contributed by atoms with van der Waals surface area (Å²) in [5.41, 5.74) is 0.878. The lowest BCUT2D eigenvalue weighted by molar-refractivity contribution is -0.571. The summed E-state index contributed by atoms with van der Waals surface area (Å²) in [7, 11) is 0. The fraction of sp³-hybridized carbons (Fsp3) is 0.727. The molecule has 1 aromatic carbocycles. The van der Waals surface area contributed by atoms with Crippen LogP contribution in [0.5, 0.6) is 0 Å². The molecule has 1 aromatic rings. The fourth-order valence-corrected chi connectivity index (χ4v) is 6.06. The zero-order chi connectivity index (χ0) is 17.9. The molecule has 4 heterocycles. The van der Waals surface area contributed by atoms with Crippen molar-refractivity contribution in [1.82, 2.24) is 0 Å². The maximum atomic E-state index is 6.63. The van der Waals surface area contributed by atoms with Crippen molar-refractivity contribution in [1.29, 1.82) is 0 Å². The average Bonchev–Trinajstić information content (AvgIpc) is 2.86. The van der Waals surface area contributed by atoms with Crippen LogP contribution in [0.1, 0.15) is 52.0 Å². The van der Waals surface area contributed by atoms with Gasteiger partial charge in [0.25, 0.3) is 0 Å².